The van der Waals surface area contributed by atoms with Gasteiger partial charge in [-0.15, -0.1) is 0 Å². The number of methoxy groups -OCH3 is 1. The molecule has 0 amide bonds. The molecule has 0 spiro atoms. The maximum absolute atomic E-state index is 11.8. The molecule has 20 heavy (non-hydrogen) atoms. The number of hydrogen-bond acceptors (Lipinski definition) is 4. The van der Waals surface area contributed by atoms with Crippen LogP contribution in [0, 0.1) is 5.41 Å². The Balaban J connectivity index is 2.80. The Bertz CT molecular complexity index is 286. The van der Waals surface area contributed by atoms with E-state index < -0.39 is 11.4 Å². The lowest BCUT2D eigenvalue weighted by Gasteiger charge is -2.40. The lowest BCUT2D eigenvalue weighted by molar-refractivity contribution is -0.157. The van der Waals surface area contributed by atoms with Crippen molar-refractivity contribution < 1.29 is 19.4 Å². The minimum atomic E-state index is -0.686. The molecule has 1 fully saturated rings. The predicted molar refractivity (Wildman–Crippen MR) is 77.9 cm³/mol. The largest absolute Gasteiger partial charge is 0.481 e. The van der Waals surface area contributed by atoms with Crippen molar-refractivity contribution in [3.05, 3.63) is 0 Å². The predicted octanol–water partition coefficient (Wildman–Crippen LogP) is 2.00. The minimum absolute atomic E-state index is 0.421. The normalized spacial score (nSPS) is 18.6. The van der Waals surface area contributed by atoms with E-state index in [0.29, 0.717) is 45.2 Å². The summed E-state index contributed by atoms with van der Waals surface area (Å²) in [5.41, 5.74) is -0.658. The molecule has 0 aromatic carbocycles. The fourth-order valence-corrected chi connectivity index (χ4v) is 2.99. The topological polar surface area (TPSA) is 59.0 Å². The van der Waals surface area contributed by atoms with Crippen LogP contribution >= 0.6 is 0 Å². The molecule has 0 aliphatic carbocycles. The first-order valence-corrected chi connectivity index (χ1v) is 7.63. The smallest absolute Gasteiger partial charge is 0.311 e. The molecule has 0 bridgehead atoms. The standard InChI is InChI=1S/C15H29NO4/c1-4-13(5-2)16(8-11-19-3)12-15(14(17)18)6-9-20-10-7-15/h13H,4-12H2,1-3H3,(H,17,18). The van der Waals surface area contributed by atoms with Gasteiger partial charge in [0, 0.05) is 39.5 Å². The number of carboxylic acid groups (broad SMARTS) is 1. The lowest BCUT2D eigenvalue weighted by atomic mass is 9.79. The molecular weight excluding hydrogens is 258 g/mol. The van der Waals surface area contributed by atoms with E-state index in [-0.39, 0.29) is 0 Å². The molecule has 0 aromatic rings. The first-order chi connectivity index (χ1) is 9.59. The average Bonchev–Trinajstić information content (AvgIpc) is 2.46. The summed E-state index contributed by atoms with van der Waals surface area (Å²) in [4.78, 5) is 14.1. The van der Waals surface area contributed by atoms with Crippen molar-refractivity contribution in [3.8, 4) is 0 Å². The molecule has 0 saturated carbocycles. The summed E-state index contributed by atoms with van der Waals surface area (Å²) in [7, 11) is 1.69. The number of nitrogens with zero attached hydrogens (tertiary/aromatic N) is 1. The third kappa shape index (κ3) is 4.43. The maximum atomic E-state index is 11.8. The van der Waals surface area contributed by atoms with E-state index in [1.54, 1.807) is 7.11 Å². The van der Waals surface area contributed by atoms with E-state index in [1.165, 1.54) is 0 Å². The van der Waals surface area contributed by atoms with Crippen molar-refractivity contribution in [1.82, 2.24) is 4.90 Å². The van der Waals surface area contributed by atoms with Gasteiger partial charge in [-0.25, -0.2) is 0 Å². The van der Waals surface area contributed by atoms with Crippen LogP contribution in [0.2, 0.25) is 0 Å². The first kappa shape index (κ1) is 17.4. The summed E-state index contributed by atoms with van der Waals surface area (Å²) >= 11 is 0. The van der Waals surface area contributed by atoms with Crippen LogP contribution in [-0.2, 0) is 14.3 Å². The zero-order valence-electron chi connectivity index (χ0n) is 13.1. The van der Waals surface area contributed by atoms with Gasteiger partial charge < -0.3 is 14.6 Å². The van der Waals surface area contributed by atoms with Crippen LogP contribution in [0.5, 0.6) is 0 Å². The van der Waals surface area contributed by atoms with Gasteiger partial charge >= 0.3 is 5.97 Å². The number of rotatable bonds is 9. The van der Waals surface area contributed by atoms with Gasteiger partial charge in [0.05, 0.1) is 12.0 Å². The number of carboxylic acids is 1. The van der Waals surface area contributed by atoms with Gasteiger partial charge in [-0.2, -0.15) is 0 Å². The van der Waals surface area contributed by atoms with Gasteiger partial charge in [0.25, 0.3) is 0 Å². The molecule has 0 atom stereocenters. The fraction of sp³-hybridized carbons (Fsp3) is 0.933. The Morgan fingerprint density at radius 3 is 2.40 bits per heavy atom. The summed E-state index contributed by atoms with van der Waals surface area (Å²) in [5.74, 6) is -0.686. The molecule has 1 aliphatic rings. The second-order valence-electron chi connectivity index (χ2n) is 5.63. The molecule has 0 radical (unpaired) electrons. The van der Waals surface area contributed by atoms with Crippen molar-refractivity contribution in [2.75, 3.05) is 40.0 Å². The van der Waals surface area contributed by atoms with Gasteiger partial charge in [0.2, 0.25) is 0 Å². The van der Waals surface area contributed by atoms with E-state index in [4.69, 9.17) is 9.47 Å². The van der Waals surface area contributed by atoms with Crippen LogP contribution < -0.4 is 0 Å². The Kier molecular flexibility index (Phi) is 7.48. The zero-order valence-corrected chi connectivity index (χ0v) is 13.1. The van der Waals surface area contributed by atoms with Gasteiger partial charge in [-0.3, -0.25) is 9.69 Å². The number of carbonyl (C=O) groups is 1. The van der Waals surface area contributed by atoms with Gasteiger partial charge in [0.15, 0.2) is 0 Å². The lowest BCUT2D eigenvalue weighted by Crippen LogP contribution is -2.50. The zero-order chi connectivity index (χ0) is 15.0. The SMILES string of the molecule is CCC(CC)N(CCOC)CC1(C(=O)O)CCOCC1. The van der Waals surface area contributed by atoms with Crippen LogP contribution in [0.3, 0.4) is 0 Å². The van der Waals surface area contributed by atoms with Gasteiger partial charge in [0.1, 0.15) is 0 Å². The van der Waals surface area contributed by atoms with Crippen LogP contribution in [0.1, 0.15) is 39.5 Å². The molecule has 1 rings (SSSR count). The van der Waals surface area contributed by atoms with Crippen molar-refractivity contribution in [1.29, 1.82) is 0 Å². The molecule has 5 heteroatoms. The van der Waals surface area contributed by atoms with Crippen molar-refractivity contribution in [2.24, 2.45) is 5.41 Å². The molecule has 1 saturated heterocycles. The molecule has 5 nitrogen and oxygen atoms in total. The second-order valence-corrected chi connectivity index (χ2v) is 5.63. The Morgan fingerprint density at radius 1 is 1.35 bits per heavy atom. The molecule has 1 N–H and O–H groups in total. The summed E-state index contributed by atoms with van der Waals surface area (Å²) in [6.45, 7) is 7.44. The Labute approximate surface area is 122 Å². The molecule has 118 valence electrons. The summed E-state index contributed by atoms with van der Waals surface area (Å²) in [6.07, 6.45) is 3.27. The van der Waals surface area contributed by atoms with Crippen LogP contribution in [0.4, 0.5) is 0 Å². The van der Waals surface area contributed by atoms with Crippen molar-refractivity contribution in [3.63, 3.8) is 0 Å². The van der Waals surface area contributed by atoms with Crippen LogP contribution in [-0.4, -0.2) is 62.0 Å². The number of ether oxygens (including phenoxy) is 2. The van der Waals surface area contributed by atoms with Crippen LogP contribution in [0.15, 0.2) is 0 Å². The van der Waals surface area contributed by atoms with E-state index in [9.17, 15) is 9.90 Å². The first-order valence-electron chi connectivity index (χ1n) is 7.63. The monoisotopic (exact) mass is 287 g/mol. The molecule has 0 unspecified atom stereocenters. The van der Waals surface area contributed by atoms with Gasteiger partial charge in [-0.05, 0) is 25.7 Å². The molecular formula is C15H29NO4. The molecule has 1 aliphatic heterocycles. The molecule has 1 heterocycles. The third-order valence-electron chi connectivity index (χ3n) is 4.45. The number of hydrogen-bond donors (Lipinski definition) is 1. The van der Waals surface area contributed by atoms with Crippen molar-refractivity contribution in [2.45, 2.75) is 45.6 Å². The highest BCUT2D eigenvalue weighted by Crippen LogP contribution is 2.33. The van der Waals surface area contributed by atoms with E-state index >= 15 is 0 Å². The summed E-state index contributed by atoms with van der Waals surface area (Å²) in [6, 6.07) is 0.421. The average molecular weight is 287 g/mol. The van der Waals surface area contributed by atoms with E-state index in [0.717, 1.165) is 19.4 Å². The minimum Gasteiger partial charge on any atom is -0.481 e. The Morgan fingerprint density at radius 2 is 1.95 bits per heavy atom. The highest BCUT2D eigenvalue weighted by molar-refractivity contribution is 5.75. The van der Waals surface area contributed by atoms with Crippen molar-refractivity contribution >= 4 is 5.97 Å². The van der Waals surface area contributed by atoms with Gasteiger partial charge in [-0.1, -0.05) is 13.8 Å². The maximum Gasteiger partial charge on any atom is 0.311 e. The second kappa shape index (κ2) is 8.60. The summed E-state index contributed by atoms with van der Waals surface area (Å²) < 4.78 is 10.5. The van der Waals surface area contributed by atoms with E-state index in [1.807, 2.05) is 0 Å². The quantitative estimate of drug-likeness (QED) is 0.703. The van der Waals surface area contributed by atoms with E-state index in [2.05, 4.69) is 18.7 Å². The Hall–Kier alpha value is -0.650. The molecule has 0 aromatic heterocycles. The highest BCUT2D eigenvalue weighted by atomic mass is 16.5. The summed E-state index contributed by atoms with van der Waals surface area (Å²) in [5, 5.41) is 9.68. The number of aliphatic carboxylic acids is 1. The van der Waals surface area contributed by atoms with Crippen LogP contribution in [0.25, 0.3) is 0 Å². The third-order valence-corrected chi connectivity index (χ3v) is 4.45. The highest BCUT2D eigenvalue weighted by Gasteiger charge is 2.42. The fourth-order valence-electron chi connectivity index (χ4n) is 2.99.